The molecule has 0 spiro atoms. The predicted octanol–water partition coefficient (Wildman–Crippen LogP) is 2.54. The lowest BCUT2D eigenvalue weighted by molar-refractivity contribution is 0.627. The Kier molecular flexibility index (Phi) is 2.83. The molecule has 0 radical (unpaired) electrons. The van der Waals surface area contributed by atoms with Gasteiger partial charge in [0.15, 0.2) is 0 Å². The van der Waals surface area contributed by atoms with Crippen LogP contribution in [0.1, 0.15) is 5.56 Å². The Morgan fingerprint density at radius 2 is 2.20 bits per heavy atom. The zero-order valence-corrected chi connectivity index (χ0v) is 8.55. The van der Waals surface area contributed by atoms with Gasteiger partial charge in [-0.15, -0.1) is 0 Å². The maximum absolute atomic E-state index is 13.1. The molecule has 2 rings (SSSR count). The van der Waals surface area contributed by atoms with E-state index in [0.29, 0.717) is 0 Å². The fourth-order valence-electron chi connectivity index (χ4n) is 1.64. The summed E-state index contributed by atoms with van der Waals surface area (Å²) in [6, 6.07) is 8.69. The van der Waals surface area contributed by atoms with Gasteiger partial charge < -0.3 is 10.3 Å². The summed E-state index contributed by atoms with van der Waals surface area (Å²) in [5.41, 5.74) is 2.94. The van der Waals surface area contributed by atoms with Gasteiger partial charge in [-0.25, -0.2) is 4.39 Å². The Labute approximate surface area is 88.1 Å². The molecule has 0 bridgehead atoms. The normalized spacial score (nSPS) is 10.5. The van der Waals surface area contributed by atoms with E-state index in [1.54, 1.807) is 6.07 Å². The monoisotopic (exact) mass is 204 g/mol. The molecule has 1 aromatic carbocycles. The van der Waals surface area contributed by atoms with Crippen LogP contribution in [0.15, 0.2) is 36.5 Å². The second-order valence-electron chi connectivity index (χ2n) is 3.42. The van der Waals surface area contributed by atoms with Crippen molar-refractivity contribution in [1.29, 1.82) is 0 Å². The fraction of sp³-hybridized carbons (Fsp3) is 0.167. The summed E-state index contributed by atoms with van der Waals surface area (Å²) in [5, 5.41) is 3.07. The quantitative estimate of drug-likeness (QED) is 0.790. The van der Waals surface area contributed by atoms with E-state index in [1.165, 1.54) is 6.07 Å². The molecule has 0 saturated carbocycles. The molecule has 78 valence electrons. The molecule has 1 aromatic heterocycles. The van der Waals surface area contributed by atoms with E-state index in [-0.39, 0.29) is 5.82 Å². The highest BCUT2D eigenvalue weighted by Crippen LogP contribution is 2.23. The summed E-state index contributed by atoms with van der Waals surface area (Å²) in [4.78, 5) is 3.09. The zero-order chi connectivity index (χ0) is 10.7. The lowest BCUT2D eigenvalue weighted by atomic mass is 10.0. The first-order valence-corrected chi connectivity index (χ1v) is 4.88. The maximum atomic E-state index is 13.1. The SMILES string of the molecule is CNCc1ccc(F)cc1-c1ccc[nH]1. The van der Waals surface area contributed by atoms with Gasteiger partial charge in [0, 0.05) is 24.0 Å². The van der Waals surface area contributed by atoms with Gasteiger partial charge in [0.05, 0.1) is 0 Å². The number of benzene rings is 1. The molecule has 0 aliphatic carbocycles. The second kappa shape index (κ2) is 4.28. The predicted molar refractivity (Wildman–Crippen MR) is 59.0 cm³/mol. The zero-order valence-electron chi connectivity index (χ0n) is 8.55. The van der Waals surface area contributed by atoms with Crippen LogP contribution in [-0.2, 0) is 6.54 Å². The molecule has 2 aromatic rings. The summed E-state index contributed by atoms with van der Waals surface area (Å²) in [6.07, 6.45) is 1.84. The van der Waals surface area contributed by atoms with Crippen LogP contribution in [0.2, 0.25) is 0 Å². The molecule has 0 fully saturated rings. The maximum Gasteiger partial charge on any atom is 0.123 e. The molecule has 2 nitrogen and oxygen atoms in total. The van der Waals surface area contributed by atoms with Crippen LogP contribution in [0.3, 0.4) is 0 Å². The van der Waals surface area contributed by atoms with Crippen molar-refractivity contribution in [3.8, 4) is 11.3 Å². The van der Waals surface area contributed by atoms with E-state index in [9.17, 15) is 4.39 Å². The van der Waals surface area contributed by atoms with Gasteiger partial charge in [-0.2, -0.15) is 0 Å². The Morgan fingerprint density at radius 3 is 2.87 bits per heavy atom. The van der Waals surface area contributed by atoms with E-state index in [4.69, 9.17) is 0 Å². The molecule has 0 atom stereocenters. The van der Waals surface area contributed by atoms with Crippen molar-refractivity contribution >= 4 is 0 Å². The Bertz CT molecular complexity index is 435. The summed E-state index contributed by atoms with van der Waals surface area (Å²) in [5.74, 6) is -0.209. The molecule has 15 heavy (non-hydrogen) atoms. The molecule has 1 heterocycles. The van der Waals surface area contributed by atoms with Crippen molar-refractivity contribution in [2.75, 3.05) is 7.05 Å². The largest absolute Gasteiger partial charge is 0.361 e. The number of nitrogens with one attached hydrogen (secondary N) is 2. The van der Waals surface area contributed by atoms with Crippen molar-refractivity contribution in [3.63, 3.8) is 0 Å². The van der Waals surface area contributed by atoms with E-state index in [0.717, 1.165) is 23.4 Å². The minimum absolute atomic E-state index is 0.209. The Hall–Kier alpha value is -1.61. The van der Waals surface area contributed by atoms with Crippen molar-refractivity contribution in [1.82, 2.24) is 10.3 Å². The second-order valence-corrected chi connectivity index (χ2v) is 3.42. The van der Waals surface area contributed by atoms with Gasteiger partial charge >= 0.3 is 0 Å². The molecule has 0 saturated heterocycles. The highest BCUT2D eigenvalue weighted by Gasteiger charge is 2.06. The minimum atomic E-state index is -0.209. The highest BCUT2D eigenvalue weighted by molar-refractivity contribution is 5.63. The summed E-state index contributed by atoms with van der Waals surface area (Å²) < 4.78 is 13.1. The molecule has 2 N–H and O–H groups in total. The van der Waals surface area contributed by atoms with Gasteiger partial charge in [0.25, 0.3) is 0 Å². The first kappa shape index (κ1) is 9.93. The van der Waals surface area contributed by atoms with E-state index >= 15 is 0 Å². The van der Waals surface area contributed by atoms with Gasteiger partial charge in [-0.05, 0) is 36.9 Å². The molecule has 0 amide bonds. The third-order valence-electron chi connectivity index (χ3n) is 2.33. The summed E-state index contributed by atoms with van der Waals surface area (Å²) >= 11 is 0. The Morgan fingerprint density at radius 1 is 1.33 bits per heavy atom. The third kappa shape index (κ3) is 2.07. The van der Waals surface area contributed by atoms with Crippen molar-refractivity contribution in [2.24, 2.45) is 0 Å². The first-order chi connectivity index (χ1) is 7.31. The number of H-pyrrole nitrogens is 1. The molecular weight excluding hydrogens is 191 g/mol. The highest BCUT2D eigenvalue weighted by atomic mass is 19.1. The smallest absolute Gasteiger partial charge is 0.123 e. The summed E-state index contributed by atoms with van der Waals surface area (Å²) in [6.45, 7) is 0.731. The van der Waals surface area contributed by atoms with Crippen LogP contribution in [0.25, 0.3) is 11.3 Å². The van der Waals surface area contributed by atoms with Crippen LogP contribution in [0.4, 0.5) is 4.39 Å². The lowest BCUT2D eigenvalue weighted by Crippen LogP contribution is -2.06. The average Bonchev–Trinajstić information content (AvgIpc) is 2.74. The van der Waals surface area contributed by atoms with Crippen molar-refractivity contribution < 1.29 is 4.39 Å². The summed E-state index contributed by atoms with van der Waals surface area (Å²) in [7, 11) is 1.88. The van der Waals surface area contributed by atoms with Crippen LogP contribution in [-0.4, -0.2) is 12.0 Å². The van der Waals surface area contributed by atoms with Crippen LogP contribution >= 0.6 is 0 Å². The molecule has 0 aliphatic heterocycles. The average molecular weight is 204 g/mol. The standard InChI is InChI=1S/C12H13FN2/c1-14-8-9-4-5-10(13)7-11(9)12-3-2-6-15-12/h2-7,14-15H,8H2,1H3. The van der Waals surface area contributed by atoms with Crippen LogP contribution in [0, 0.1) is 5.82 Å². The fourth-order valence-corrected chi connectivity index (χ4v) is 1.64. The minimum Gasteiger partial charge on any atom is -0.361 e. The molecule has 0 aliphatic rings. The number of hydrogen-bond donors (Lipinski definition) is 2. The van der Waals surface area contributed by atoms with Gasteiger partial charge in [0.1, 0.15) is 5.82 Å². The van der Waals surface area contributed by atoms with Crippen LogP contribution < -0.4 is 5.32 Å². The third-order valence-corrected chi connectivity index (χ3v) is 2.33. The van der Waals surface area contributed by atoms with E-state index < -0.39 is 0 Å². The lowest BCUT2D eigenvalue weighted by Gasteiger charge is -2.07. The van der Waals surface area contributed by atoms with Gasteiger partial charge in [-0.3, -0.25) is 0 Å². The number of hydrogen-bond acceptors (Lipinski definition) is 1. The molecule has 3 heteroatoms. The van der Waals surface area contributed by atoms with Crippen molar-refractivity contribution in [2.45, 2.75) is 6.54 Å². The molecular formula is C12H13FN2. The first-order valence-electron chi connectivity index (χ1n) is 4.88. The number of halogens is 1. The van der Waals surface area contributed by atoms with Crippen molar-refractivity contribution in [3.05, 3.63) is 47.9 Å². The number of aromatic nitrogens is 1. The van der Waals surface area contributed by atoms with Gasteiger partial charge in [0.2, 0.25) is 0 Å². The number of aromatic amines is 1. The molecule has 0 unspecified atom stereocenters. The van der Waals surface area contributed by atoms with Crippen LogP contribution in [0.5, 0.6) is 0 Å². The topological polar surface area (TPSA) is 27.8 Å². The van der Waals surface area contributed by atoms with E-state index in [2.05, 4.69) is 10.3 Å². The Balaban J connectivity index is 2.47. The van der Waals surface area contributed by atoms with Gasteiger partial charge in [-0.1, -0.05) is 6.07 Å². The number of rotatable bonds is 3. The van der Waals surface area contributed by atoms with E-state index in [1.807, 2.05) is 31.4 Å².